The van der Waals surface area contributed by atoms with E-state index in [4.69, 9.17) is 9.84 Å². The van der Waals surface area contributed by atoms with Gasteiger partial charge in [0.1, 0.15) is 35.9 Å². The number of hydrogen-bond donors (Lipinski definition) is 4. The van der Waals surface area contributed by atoms with Crippen molar-refractivity contribution in [1.29, 1.82) is 0 Å². The zero-order chi connectivity index (χ0) is 14.9. The van der Waals surface area contributed by atoms with Crippen molar-refractivity contribution in [2.75, 3.05) is 6.61 Å². The van der Waals surface area contributed by atoms with Gasteiger partial charge in [0.15, 0.2) is 0 Å². The van der Waals surface area contributed by atoms with Crippen LogP contribution in [0.5, 0.6) is 0 Å². The minimum absolute atomic E-state index is 0.0210. The molecule has 4 N–H and O–H groups in total. The monoisotopic (exact) mass is 283 g/mol. The largest absolute Gasteiger partial charge is 0.394 e. The van der Waals surface area contributed by atoms with Crippen molar-refractivity contribution in [3.05, 3.63) is 33.5 Å². The molecular weight excluding hydrogens is 269 g/mol. The molecule has 0 bridgehead atoms. The van der Waals surface area contributed by atoms with Crippen molar-refractivity contribution in [3.8, 4) is 11.8 Å². The van der Waals surface area contributed by atoms with Crippen LogP contribution in [0.1, 0.15) is 24.3 Å². The van der Waals surface area contributed by atoms with Gasteiger partial charge in [-0.25, -0.2) is 4.39 Å². The van der Waals surface area contributed by atoms with Crippen molar-refractivity contribution in [2.24, 2.45) is 0 Å². The second-order valence-corrected chi connectivity index (χ2v) is 4.40. The first-order chi connectivity index (χ1) is 9.49. The maximum absolute atomic E-state index is 14.0. The Morgan fingerprint density at radius 2 is 2.15 bits per heavy atom. The summed E-state index contributed by atoms with van der Waals surface area (Å²) < 4.78 is 19.2. The molecule has 1 aliphatic rings. The summed E-state index contributed by atoms with van der Waals surface area (Å²) in [4.78, 5) is 13.6. The summed E-state index contributed by atoms with van der Waals surface area (Å²) in [5.41, 5.74) is -0.829. The molecule has 108 valence electrons. The molecule has 1 aromatic rings. The van der Waals surface area contributed by atoms with E-state index in [9.17, 15) is 19.4 Å². The molecule has 0 saturated carbocycles. The molecule has 1 saturated heterocycles. The summed E-state index contributed by atoms with van der Waals surface area (Å²) >= 11 is 0. The van der Waals surface area contributed by atoms with Crippen LogP contribution < -0.4 is 5.56 Å². The highest BCUT2D eigenvalue weighted by atomic mass is 19.1. The van der Waals surface area contributed by atoms with Gasteiger partial charge in [0, 0.05) is 6.07 Å². The number of rotatable bonds is 2. The average Bonchev–Trinajstić information content (AvgIpc) is 2.66. The number of halogens is 1. The molecule has 0 radical (unpaired) electrons. The van der Waals surface area contributed by atoms with E-state index >= 15 is 0 Å². The first kappa shape index (κ1) is 14.7. The van der Waals surface area contributed by atoms with E-state index < -0.39 is 42.4 Å². The van der Waals surface area contributed by atoms with Crippen LogP contribution >= 0.6 is 0 Å². The number of ether oxygens (including phenoxy) is 1. The van der Waals surface area contributed by atoms with E-state index in [0.29, 0.717) is 6.07 Å². The van der Waals surface area contributed by atoms with Gasteiger partial charge in [-0.3, -0.25) is 4.79 Å². The molecule has 4 unspecified atom stereocenters. The molecule has 0 aliphatic carbocycles. The highest BCUT2D eigenvalue weighted by Crippen LogP contribution is 2.35. The molecule has 6 nitrogen and oxygen atoms in total. The summed E-state index contributed by atoms with van der Waals surface area (Å²) in [5.74, 6) is 4.15. The third-order valence-corrected chi connectivity index (χ3v) is 3.11. The topological polar surface area (TPSA) is 103 Å². The summed E-state index contributed by atoms with van der Waals surface area (Å²) in [5, 5.41) is 28.6. The van der Waals surface area contributed by atoms with Crippen LogP contribution in [0.4, 0.5) is 4.39 Å². The molecule has 7 heteroatoms. The van der Waals surface area contributed by atoms with Gasteiger partial charge in [-0.05, 0) is 12.8 Å². The van der Waals surface area contributed by atoms with Gasteiger partial charge in [0.25, 0.3) is 5.56 Å². The lowest BCUT2D eigenvalue weighted by Crippen LogP contribution is -2.32. The third kappa shape index (κ3) is 2.46. The Bertz CT molecular complexity index is 617. The van der Waals surface area contributed by atoms with Gasteiger partial charge < -0.3 is 25.0 Å². The lowest BCUT2D eigenvalue weighted by atomic mass is 9.99. The van der Waals surface area contributed by atoms with Gasteiger partial charge in [0.2, 0.25) is 0 Å². The van der Waals surface area contributed by atoms with Gasteiger partial charge in [0.05, 0.1) is 12.2 Å². The minimum Gasteiger partial charge on any atom is -0.394 e. The molecule has 2 heterocycles. The van der Waals surface area contributed by atoms with Crippen LogP contribution in [0.2, 0.25) is 0 Å². The van der Waals surface area contributed by atoms with E-state index in [-0.39, 0.29) is 11.3 Å². The predicted molar refractivity (Wildman–Crippen MR) is 66.3 cm³/mol. The van der Waals surface area contributed by atoms with Crippen LogP contribution in [0.15, 0.2) is 10.9 Å². The summed E-state index contributed by atoms with van der Waals surface area (Å²) in [6, 6.07) is 0.713. The molecule has 0 spiro atoms. The van der Waals surface area contributed by atoms with Crippen molar-refractivity contribution in [3.63, 3.8) is 0 Å². The smallest absolute Gasteiger partial charge is 0.251 e. The second-order valence-electron chi connectivity index (χ2n) is 4.40. The normalized spacial score (nSPS) is 29.1. The highest BCUT2D eigenvalue weighted by Gasteiger charge is 2.45. The van der Waals surface area contributed by atoms with Crippen molar-refractivity contribution >= 4 is 0 Å². The van der Waals surface area contributed by atoms with Crippen LogP contribution in [-0.2, 0) is 4.74 Å². The number of pyridine rings is 1. The summed E-state index contributed by atoms with van der Waals surface area (Å²) in [7, 11) is 0. The molecule has 2 rings (SSSR count). The maximum atomic E-state index is 14.0. The lowest BCUT2D eigenvalue weighted by molar-refractivity contribution is -0.0238. The van der Waals surface area contributed by atoms with E-state index in [0.717, 1.165) is 0 Å². The summed E-state index contributed by atoms with van der Waals surface area (Å²) in [6.45, 7) is 0.985. The van der Waals surface area contributed by atoms with E-state index in [1.165, 1.54) is 6.92 Å². The average molecular weight is 283 g/mol. The van der Waals surface area contributed by atoms with Gasteiger partial charge in [-0.2, -0.15) is 0 Å². The van der Waals surface area contributed by atoms with Gasteiger partial charge in [-0.1, -0.05) is 5.92 Å². The standard InChI is InChI=1S/C13H14FNO5/c1-2-3-7-10(6(14)4-9(17)15-7)13-12(19)11(18)8(5-16)20-13/h4,8,11-13,16,18-19H,5H2,1H3,(H,15,17). The number of nitrogens with one attached hydrogen (secondary N) is 1. The van der Waals surface area contributed by atoms with Crippen LogP contribution in [0, 0.1) is 17.7 Å². The molecule has 20 heavy (non-hydrogen) atoms. The fourth-order valence-corrected chi connectivity index (χ4v) is 2.18. The van der Waals surface area contributed by atoms with Crippen LogP contribution in [0.3, 0.4) is 0 Å². The Kier molecular flexibility index (Phi) is 4.20. The van der Waals surface area contributed by atoms with Crippen molar-refractivity contribution in [1.82, 2.24) is 4.98 Å². The van der Waals surface area contributed by atoms with E-state index in [2.05, 4.69) is 16.8 Å². The molecule has 0 amide bonds. The highest BCUT2D eigenvalue weighted by molar-refractivity contribution is 5.38. The Labute approximate surface area is 113 Å². The number of aromatic nitrogens is 1. The molecular formula is C13H14FNO5. The Morgan fingerprint density at radius 3 is 2.70 bits per heavy atom. The maximum Gasteiger partial charge on any atom is 0.251 e. The number of aliphatic hydroxyl groups is 3. The molecule has 4 atom stereocenters. The molecule has 1 aliphatic heterocycles. The zero-order valence-corrected chi connectivity index (χ0v) is 10.6. The van der Waals surface area contributed by atoms with Crippen LogP contribution in [0.25, 0.3) is 0 Å². The second kappa shape index (κ2) is 5.73. The third-order valence-electron chi connectivity index (χ3n) is 3.11. The quantitative estimate of drug-likeness (QED) is 0.524. The van der Waals surface area contributed by atoms with E-state index in [1.807, 2.05) is 0 Å². The Balaban J connectivity index is 2.52. The lowest BCUT2D eigenvalue weighted by Gasteiger charge is -2.17. The first-order valence-corrected chi connectivity index (χ1v) is 5.97. The number of hydrogen-bond acceptors (Lipinski definition) is 5. The van der Waals surface area contributed by atoms with Crippen LogP contribution in [-0.4, -0.2) is 45.2 Å². The SMILES string of the molecule is CC#Cc1[nH]c(=O)cc(F)c1C1OC(CO)C(O)C1O. The van der Waals surface area contributed by atoms with Crippen molar-refractivity contribution in [2.45, 2.75) is 31.3 Å². The predicted octanol–water partition coefficient (Wildman–Crippen LogP) is -0.961. The molecule has 1 aromatic heterocycles. The fourth-order valence-electron chi connectivity index (χ4n) is 2.18. The summed E-state index contributed by atoms with van der Waals surface area (Å²) in [6.07, 6.45) is -5.01. The Morgan fingerprint density at radius 1 is 1.45 bits per heavy atom. The van der Waals surface area contributed by atoms with E-state index in [1.54, 1.807) is 0 Å². The van der Waals surface area contributed by atoms with Gasteiger partial charge in [-0.15, -0.1) is 0 Å². The number of aliphatic hydroxyl groups excluding tert-OH is 3. The van der Waals surface area contributed by atoms with Crippen molar-refractivity contribution < 1.29 is 24.4 Å². The Hall–Kier alpha value is -1.72. The molecule has 1 fully saturated rings. The number of aromatic amines is 1. The minimum atomic E-state index is -1.43. The van der Waals surface area contributed by atoms with Gasteiger partial charge >= 0.3 is 0 Å². The first-order valence-electron chi connectivity index (χ1n) is 5.97. The fraction of sp³-hybridized carbons (Fsp3) is 0.462. The number of H-pyrrole nitrogens is 1. The zero-order valence-electron chi connectivity index (χ0n) is 10.6. The molecule has 0 aromatic carbocycles.